The van der Waals surface area contributed by atoms with Crippen LogP contribution in [0.3, 0.4) is 0 Å². The van der Waals surface area contributed by atoms with Crippen LogP contribution in [-0.2, 0) is 4.79 Å². The quantitative estimate of drug-likeness (QED) is 0.557. The molecule has 1 aliphatic rings. The van der Waals surface area contributed by atoms with E-state index in [0.29, 0.717) is 0 Å². The number of anilines is 1. The van der Waals surface area contributed by atoms with Crippen molar-refractivity contribution in [2.75, 3.05) is 5.32 Å². The third-order valence-corrected chi connectivity index (χ3v) is 5.37. The van der Waals surface area contributed by atoms with Crippen LogP contribution in [0.5, 0.6) is 0 Å². The first-order valence-corrected chi connectivity index (χ1v) is 10.1. The van der Waals surface area contributed by atoms with E-state index in [1.165, 1.54) is 29.5 Å². The maximum atomic E-state index is 11.8. The van der Waals surface area contributed by atoms with Gasteiger partial charge in [0.05, 0.1) is 5.92 Å². The summed E-state index contributed by atoms with van der Waals surface area (Å²) in [5, 5.41) is 2.93. The summed E-state index contributed by atoms with van der Waals surface area (Å²) in [4.78, 5) is 16.7. The van der Waals surface area contributed by atoms with Crippen LogP contribution in [0, 0.1) is 43.1 Å². The minimum atomic E-state index is -0.0800. The monoisotopic (exact) mass is 425 g/mol. The minimum absolute atomic E-state index is 0. The fourth-order valence-electron chi connectivity index (χ4n) is 3.66. The largest absolute Gasteiger partial charge is 1.00 e. The Balaban J connectivity index is 0. The Morgan fingerprint density at radius 3 is 2.47 bits per heavy atom. The number of amides is 1. The van der Waals surface area contributed by atoms with Gasteiger partial charge in [0.15, 0.2) is 5.91 Å². The number of aryl methyl sites for hydroxylation is 1. The van der Waals surface area contributed by atoms with Crippen LogP contribution in [0.2, 0.25) is 0 Å². The molecule has 2 aromatic carbocycles. The van der Waals surface area contributed by atoms with E-state index in [-0.39, 0.29) is 59.4 Å². The van der Waals surface area contributed by atoms with Gasteiger partial charge >= 0.3 is 18.9 Å². The first-order valence-electron chi connectivity index (χ1n) is 10.1. The van der Waals surface area contributed by atoms with E-state index >= 15 is 0 Å². The van der Waals surface area contributed by atoms with Crippen molar-refractivity contribution in [2.24, 2.45) is 4.99 Å². The van der Waals surface area contributed by atoms with Crippen molar-refractivity contribution in [1.82, 2.24) is 0 Å². The van der Waals surface area contributed by atoms with Gasteiger partial charge in [-0.05, 0) is 73.9 Å². The average Bonchev–Trinajstić information content (AvgIpc) is 2.67. The van der Waals surface area contributed by atoms with Crippen LogP contribution in [0.4, 0.5) is 5.69 Å². The van der Waals surface area contributed by atoms with Crippen molar-refractivity contribution >= 4 is 17.8 Å². The molecule has 1 N–H and O–H groups in total. The Kier molecular flexibility index (Phi) is 15.7. The number of carbonyl (C=O) groups excluding carboxylic acids is 1. The Labute approximate surface area is 209 Å². The molecule has 1 amide bonds. The van der Waals surface area contributed by atoms with E-state index in [9.17, 15) is 4.79 Å². The summed E-state index contributed by atoms with van der Waals surface area (Å²) in [6.45, 7) is 7.99. The summed E-state index contributed by atoms with van der Waals surface area (Å²) >= 11 is 0. The maximum absolute atomic E-state index is 11.8. The SMILES string of the molecule is [CH2-]CC(=O)Nc1cccc(C(/C2=C/CCCCC=N2)c2cccc(C)c2C)c1.[CH3-].[CH3-].[CH3-].[Li+]. The molecule has 0 saturated heterocycles. The van der Waals surface area contributed by atoms with Gasteiger partial charge < -0.3 is 34.5 Å². The molecular weight excluding hydrogens is 387 g/mol. The molecule has 0 fully saturated rings. The molecule has 0 aliphatic carbocycles. The van der Waals surface area contributed by atoms with Crippen molar-refractivity contribution < 1.29 is 23.7 Å². The van der Waals surface area contributed by atoms with Crippen LogP contribution in [0.15, 0.2) is 59.2 Å². The van der Waals surface area contributed by atoms with E-state index < -0.39 is 0 Å². The van der Waals surface area contributed by atoms with Gasteiger partial charge in [-0.3, -0.25) is 9.79 Å². The number of aliphatic imine (C=N–C) groups is 1. The Bertz CT molecular complexity index is 902. The summed E-state index contributed by atoms with van der Waals surface area (Å²) in [6, 6.07) is 14.6. The number of allylic oxidation sites excluding steroid dienone is 2. The normalized spacial score (nSPS) is 15.0. The second kappa shape index (κ2) is 15.7. The number of hydrogen-bond donors (Lipinski definition) is 1. The third kappa shape index (κ3) is 8.12. The molecule has 3 rings (SSSR count). The predicted molar refractivity (Wildman–Crippen MR) is 137 cm³/mol. The summed E-state index contributed by atoms with van der Waals surface area (Å²) in [7, 11) is 0. The molecule has 0 bridgehead atoms. The fraction of sp³-hybridized carbons (Fsp3) is 0.286. The van der Waals surface area contributed by atoms with Gasteiger partial charge in [-0.1, -0.05) is 36.4 Å². The molecule has 1 aliphatic heterocycles. The molecule has 1 atom stereocenters. The summed E-state index contributed by atoms with van der Waals surface area (Å²) in [5.74, 6) is -0.0329. The number of nitrogens with zero attached hydrogens (tertiary/aromatic N) is 1. The Hall–Kier alpha value is -2.08. The van der Waals surface area contributed by atoms with Crippen LogP contribution < -0.4 is 24.2 Å². The zero-order valence-electron chi connectivity index (χ0n) is 20.9. The second-order valence-electron chi connectivity index (χ2n) is 7.37. The maximum Gasteiger partial charge on any atom is 1.00 e. The van der Waals surface area contributed by atoms with E-state index in [0.717, 1.165) is 29.8 Å². The first-order chi connectivity index (χ1) is 13.6. The molecule has 4 heteroatoms. The number of carbonyl (C=O) groups is 1. The fourth-order valence-corrected chi connectivity index (χ4v) is 3.66. The smallest absolute Gasteiger partial charge is 0.358 e. The molecule has 1 heterocycles. The molecule has 0 spiro atoms. The number of benzene rings is 2. The average molecular weight is 426 g/mol. The zero-order chi connectivity index (χ0) is 19.9. The van der Waals surface area contributed by atoms with Crippen molar-refractivity contribution in [3.05, 3.63) is 106 Å². The van der Waals surface area contributed by atoms with Crippen molar-refractivity contribution in [3.8, 4) is 0 Å². The molecule has 1 unspecified atom stereocenters. The van der Waals surface area contributed by atoms with Crippen LogP contribution >= 0.6 is 0 Å². The van der Waals surface area contributed by atoms with Gasteiger partial charge in [0, 0.05) is 17.6 Å². The van der Waals surface area contributed by atoms with Crippen LogP contribution in [-0.4, -0.2) is 12.1 Å². The van der Waals surface area contributed by atoms with Gasteiger partial charge in [-0.25, -0.2) is 0 Å². The standard InChI is InChI=1S/C25H29N2O.3CH3.Li/c1-4-24(28)27-21-13-10-12-20(17-21)25(22-14-9-11-18(2)19(22)3)23-15-7-5-6-8-16-26-23;;;;/h9-17,25H,1,4-8H2,2-3H3,(H,27,28);3*1H3;/q4*-1;+1/b23-15-,26-16?;;;;. The molecule has 0 radical (unpaired) electrons. The number of nitrogens with one attached hydrogen (secondary N) is 1. The molecule has 0 aromatic heterocycles. The second-order valence-corrected chi connectivity index (χ2v) is 7.37. The molecular formula is C28H38LiN2O-3. The van der Waals surface area contributed by atoms with Gasteiger partial charge in [0.25, 0.3) is 0 Å². The van der Waals surface area contributed by atoms with E-state index in [2.05, 4.69) is 68.7 Å². The van der Waals surface area contributed by atoms with Crippen LogP contribution in [0.1, 0.15) is 60.3 Å². The summed E-state index contributed by atoms with van der Waals surface area (Å²) < 4.78 is 0. The molecule has 170 valence electrons. The number of hydrogen-bond acceptors (Lipinski definition) is 2. The molecule has 3 nitrogen and oxygen atoms in total. The Morgan fingerprint density at radius 1 is 1.06 bits per heavy atom. The molecule has 2 aromatic rings. The van der Waals surface area contributed by atoms with E-state index in [1.54, 1.807) is 0 Å². The molecule has 32 heavy (non-hydrogen) atoms. The minimum Gasteiger partial charge on any atom is -0.358 e. The topological polar surface area (TPSA) is 41.5 Å². The van der Waals surface area contributed by atoms with Crippen LogP contribution in [0.25, 0.3) is 0 Å². The van der Waals surface area contributed by atoms with Crippen molar-refractivity contribution in [1.29, 1.82) is 0 Å². The first kappa shape index (κ1) is 32.1. The summed E-state index contributed by atoms with van der Waals surface area (Å²) in [5.41, 5.74) is 6.87. The van der Waals surface area contributed by atoms with E-state index in [4.69, 9.17) is 4.99 Å². The zero-order valence-corrected chi connectivity index (χ0v) is 20.9. The molecule has 0 saturated carbocycles. The van der Waals surface area contributed by atoms with Crippen molar-refractivity contribution in [3.63, 3.8) is 0 Å². The predicted octanol–water partition coefficient (Wildman–Crippen LogP) is 4.48. The third-order valence-electron chi connectivity index (χ3n) is 5.37. The van der Waals surface area contributed by atoms with Gasteiger partial charge in [0.2, 0.25) is 0 Å². The van der Waals surface area contributed by atoms with Gasteiger partial charge in [-0.2, -0.15) is 0 Å². The van der Waals surface area contributed by atoms with Crippen molar-refractivity contribution in [2.45, 2.75) is 51.9 Å². The summed E-state index contributed by atoms with van der Waals surface area (Å²) in [6.07, 6.45) is 9.01. The van der Waals surface area contributed by atoms with E-state index in [1.807, 2.05) is 12.1 Å². The van der Waals surface area contributed by atoms with Gasteiger partial charge in [0.1, 0.15) is 0 Å². The van der Waals surface area contributed by atoms with Gasteiger partial charge in [-0.15, -0.1) is 6.42 Å². The number of rotatable bonds is 5. The Morgan fingerprint density at radius 2 is 1.75 bits per heavy atom.